The zero-order valence-corrected chi connectivity index (χ0v) is 12.3. The van der Waals surface area contributed by atoms with E-state index in [1.165, 1.54) is 5.56 Å². The summed E-state index contributed by atoms with van der Waals surface area (Å²) in [6, 6.07) is 10.5. The summed E-state index contributed by atoms with van der Waals surface area (Å²) in [5.41, 5.74) is 5.43. The normalized spacial score (nSPS) is 11.6. The van der Waals surface area contributed by atoms with Crippen LogP contribution in [0.2, 0.25) is 0 Å². The molecule has 19 heavy (non-hydrogen) atoms. The lowest BCUT2D eigenvalue weighted by Gasteiger charge is -2.19. The lowest BCUT2D eigenvalue weighted by molar-refractivity contribution is 0.112. The number of rotatable bonds is 2. The van der Waals surface area contributed by atoms with Gasteiger partial charge in [0.1, 0.15) is 0 Å². The number of aryl methyl sites for hydroxylation is 1. The first kappa shape index (κ1) is 13.6. The first-order chi connectivity index (χ1) is 8.84. The fourth-order valence-electron chi connectivity index (χ4n) is 2.41. The van der Waals surface area contributed by atoms with Crippen molar-refractivity contribution < 1.29 is 4.79 Å². The van der Waals surface area contributed by atoms with Crippen molar-refractivity contribution in [1.29, 1.82) is 0 Å². The molecule has 0 aliphatic carbocycles. The van der Waals surface area contributed by atoms with Crippen LogP contribution in [0.4, 0.5) is 0 Å². The van der Waals surface area contributed by atoms with Crippen molar-refractivity contribution in [1.82, 2.24) is 4.57 Å². The van der Waals surface area contributed by atoms with Crippen LogP contribution >= 0.6 is 0 Å². The molecule has 2 heteroatoms. The minimum absolute atomic E-state index is 0.160. The van der Waals surface area contributed by atoms with Crippen LogP contribution in [-0.4, -0.2) is 10.9 Å². The second kappa shape index (κ2) is 4.69. The van der Waals surface area contributed by atoms with Crippen LogP contribution in [0, 0.1) is 13.8 Å². The second-order valence-corrected chi connectivity index (χ2v) is 6.08. The Labute approximate surface area is 115 Å². The highest BCUT2D eigenvalue weighted by Gasteiger charge is 2.14. The van der Waals surface area contributed by atoms with Crippen LogP contribution in [0.25, 0.3) is 5.69 Å². The highest BCUT2D eigenvalue weighted by molar-refractivity contribution is 5.77. The monoisotopic (exact) mass is 255 g/mol. The number of benzene rings is 1. The molecule has 0 saturated carbocycles. The van der Waals surface area contributed by atoms with E-state index in [-0.39, 0.29) is 5.41 Å². The molecular formula is C17H21NO. The minimum atomic E-state index is 0.160. The minimum Gasteiger partial charge on any atom is -0.318 e. The van der Waals surface area contributed by atoms with Gasteiger partial charge in [0.15, 0.2) is 6.29 Å². The van der Waals surface area contributed by atoms with Crippen LogP contribution in [0.5, 0.6) is 0 Å². The number of hydrogen-bond donors (Lipinski definition) is 0. The van der Waals surface area contributed by atoms with E-state index in [0.29, 0.717) is 0 Å². The quantitative estimate of drug-likeness (QED) is 0.737. The van der Waals surface area contributed by atoms with Gasteiger partial charge < -0.3 is 4.57 Å². The average Bonchev–Trinajstić information content (AvgIpc) is 2.63. The molecule has 1 aromatic carbocycles. The van der Waals surface area contributed by atoms with E-state index in [9.17, 15) is 4.79 Å². The van der Waals surface area contributed by atoms with Crippen molar-refractivity contribution in [2.24, 2.45) is 0 Å². The fraction of sp³-hybridized carbons (Fsp3) is 0.353. The van der Waals surface area contributed by atoms with Crippen LogP contribution in [0.1, 0.15) is 48.1 Å². The molecular weight excluding hydrogens is 234 g/mol. The van der Waals surface area contributed by atoms with Crippen LogP contribution in [-0.2, 0) is 5.41 Å². The van der Waals surface area contributed by atoms with Gasteiger partial charge in [-0.1, -0.05) is 32.9 Å². The zero-order chi connectivity index (χ0) is 14.2. The van der Waals surface area contributed by atoms with E-state index in [2.05, 4.69) is 49.6 Å². The van der Waals surface area contributed by atoms with E-state index >= 15 is 0 Å². The number of carbonyl (C=O) groups excluding carboxylic acids is 1. The van der Waals surface area contributed by atoms with Crippen molar-refractivity contribution in [2.45, 2.75) is 40.0 Å². The Bertz CT molecular complexity index is 597. The SMILES string of the molecule is Cc1cc(C=O)c(C)n1-c1ccc(C(C)(C)C)cc1. The van der Waals surface area contributed by atoms with E-state index in [1.54, 1.807) is 0 Å². The number of nitrogens with zero attached hydrogens (tertiary/aromatic N) is 1. The maximum atomic E-state index is 11.0. The van der Waals surface area contributed by atoms with Crippen LogP contribution in [0.15, 0.2) is 30.3 Å². The predicted octanol–water partition coefficient (Wildman–Crippen LogP) is 4.20. The summed E-state index contributed by atoms with van der Waals surface area (Å²) in [7, 11) is 0. The van der Waals surface area contributed by atoms with E-state index in [1.807, 2.05) is 19.9 Å². The van der Waals surface area contributed by atoms with Crippen molar-refractivity contribution in [3.63, 3.8) is 0 Å². The molecule has 0 saturated heterocycles. The molecule has 0 bridgehead atoms. The van der Waals surface area contributed by atoms with Crippen LogP contribution < -0.4 is 0 Å². The Morgan fingerprint density at radius 3 is 2.05 bits per heavy atom. The van der Waals surface area contributed by atoms with E-state index in [4.69, 9.17) is 0 Å². The summed E-state index contributed by atoms with van der Waals surface area (Å²) >= 11 is 0. The first-order valence-corrected chi connectivity index (χ1v) is 6.59. The van der Waals surface area contributed by atoms with Gasteiger partial charge in [0.2, 0.25) is 0 Å². The highest BCUT2D eigenvalue weighted by Crippen LogP contribution is 2.25. The van der Waals surface area contributed by atoms with Crippen molar-refractivity contribution >= 4 is 6.29 Å². The van der Waals surface area contributed by atoms with Gasteiger partial charge in [-0.15, -0.1) is 0 Å². The van der Waals surface area contributed by atoms with Gasteiger partial charge in [0.05, 0.1) is 0 Å². The van der Waals surface area contributed by atoms with Crippen molar-refractivity contribution in [2.75, 3.05) is 0 Å². The topological polar surface area (TPSA) is 22.0 Å². The van der Waals surface area contributed by atoms with Crippen molar-refractivity contribution in [3.05, 3.63) is 52.8 Å². The molecule has 0 atom stereocenters. The second-order valence-electron chi connectivity index (χ2n) is 6.08. The van der Waals surface area contributed by atoms with E-state index < -0.39 is 0 Å². The van der Waals surface area contributed by atoms with Crippen LogP contribution in [0.3, 0.4) is 0 Å². The lowest BCUT2D eigenvalue weighted by Crippen LogP contribution is -2.11. The molecule has 1 aromatic heterocycles. The average molecular weight is 255 g/mol. The maximum absolute atomic E-state index is 11.0. The molecule has 0 fully saturated rings. The number of aldehydes is 1. The Kier molecular flexibility index (Phi) is 3.36. The van der Waals surface area contributed by atoms with E-state index in [0.717, 1.165) is 28.9 Å². The van der Waals surface area contributed by atoms with Gasteiger partial charge in [0, 0.05) is 22.6 Å². The van der Waals surface area contributed by atoms with Crippen molar-refractivity contribution in [3.8, 4) is 5.69 Å². The summed E-state index contributed by atoms with van der Waals surface area (Å²) in [6.45, 7) is 10.6. The van der Waals surface area contributed by atoms with Gasteiger partial charge in [-0.2, -0.15) is 0 Å². The zero-order valence-electron chi connectivity index (χ0n) is 12.3. The molecule has 0 N–H and O–H groups in total. The Hall–Kier alpha value is -1.83. The molecule has 0 aliphatic rings. The number of carbonyl (C=O) groups is 1. The Morgan fingerprint density at radius 1 is 1.05 bits per heavy atom. The first-order valence-electron chi connectivity index (χ1n) is 6.59. The summed E-state index contributed by atoms with van der Waals surface area (Å²) in [4.78, 5) is 11.0. The summed E-state index contributed by atoms with van der Waals surface area (Å²) < 4.78 is 2.12. The van der Waals surface area contributed by atoms with Gasteiger partial charge in [-0.05, 0) is 43.0 Å². The summed E-state index contributed by atoms with van der Waals surface area (Å²) in [5, 5.41) is 0. The van der Waals surface area contributed by atoms with Gasteiger partial charge in [-0.3, -0.25) is 4.79 Å². The molecule has 0 unspecified atom stereocenters. The third-order valence-corrected chi connectivity index (χ3v) is 3.59. The summed E-state index contributed by atoms with van der Waals surface area (Å²) in [5.74, 6) is 0. The molecule has 1 heterocycles. The highest BCUT2D eigenvalue weighted by atomic mass is 16.1. The maximum Gasteiger partial charge on any atom is 0.151 e. The van der Waals surface area contributed by atoms with Gasteiger partial charge in [0.25, 0.3) is 0 Å². The largest absolute Gasteiger partial charge is 0.318 e. The molecule has 0 aliphatic heterocycles. The standard InChI is InChI=1S/C17H21NO/c1-12-10-14(11-19)13(2)18(12)16-8-6-15(7-9-16)17(3,4)5/h6-11H,1-5H3. The lowest BCUT2D eigenvalue weighted by atomic mass is 9.87. The fourth-order valence-corrected chi connectivity index (χ4v) is 2.41. The Balaban J connectivity index is 2.49. The smallest absolute Gasteiger partial charge is 0.151 e. The molecule has 0 radical (unpaired) electrons. The molecule has 2 rings (SSSR count). The predicted molar refractivity (Wildman–Crippen MR) is 79.3 cm³/mol. The van der Waals surface area contributed by atoms with Gasteiger partial charge >= 0.3 is 0 Å². The number of hydrogen-bond acceptors (Lipinski definition) is 1. The summed E-state index contributed by atoms with van der Waals surface area (Å²) in [6.07, 6.45) is 0.919. The molecule has 100 valence electrons. The number of aromatic nitrogens is 1. The Morgan fingerprint density at radius 2 is 1.63 bits per heavy atom. The molecule has 2 aromatic rings. The molecule has 0 amide bonds. The van der Waals surface area contributed by atoms with Gasteiger partial charge in [-0.25, -0.2) is 0 Å². The molecule has 2 nitrogen and oxygen atoms in total. The third-order valence-electron chi connectivity index (χ3n) is 3.59. The third kappa shape index (κ3) is 2.48. The molecule has 0 spiro atoms.